The number of nitrogens with two attached hydrogens (primary N) is 1. The van der Waals surface area contributed by atoms with Crippen LogP contribution < -0.4 is 10.5 Å². The minimum atomic E-state index is 0.0481. The molecule has 16 heavy (non-hydrogen) atoms. The molecule has 0 unspecified atom stereocenters. The number of hydrogen-bond donors (Lipinski definition) is 1. The van der Waals surface area contributed by atoms with Gasteiger partial charge in [-0.15, -0.1) is 0 Å². The molecule has 3 heteroatoms. The molecule has 0 radical (unpaired) electrons. The van der Waals surface area contributed by atoms with Crippen LogP contribution in [0.25, 0.3) is 0 Å². The van der Waals surface area contributed by atoms with Crippen molar-refractivity contribution in [2.75, 3.05) is 19.8 Å². The fraction of sp³-hybridized carbons (Fsp3) is 0.538. The number of rotatable bonds is 7. The molecule has 0 fully saturated rings. The number of hydrogen-bond acceptors (Lipinski definition) is 3. The summed E-state index contributed by atoms with van der Waals surface area (Å²) >= 11 is 0. The molecule has 1 aromatic carbocycles. The minimum absolute atomic E-state index is 0.0481. The maximum absolute atomic E-state index is 5.80. The van der Waals surface area contributed by atoms with E-state index in [2.05, 4.69) is 0 Å². The van der Waals surface area contributed by atoms with E-state index >= 15 is 0 Å². The molecule has 1 atom stereocenters. The van der Waals surface area contributed by atoms with Gasteiger partial charge in [-0.25, -0.2) is 0 Å². The molecule has 1 rings (SSSR count). The first-order valence-corrected chi connectivity index (χ1v) is 5.80. The van der Waals surface area contributed by atoms with Crippen LogP contribution in [-0.2, 0) is 4.74 Å². The summed E-state index contributed by atoms with van der Waals surface area (Å²) in [6.45, 7) is 6.16. The molecular weight excluding hydrogens is 202 g/mol. The van der Waals surface area contributed by atoms with Gasteiger partial charge in [-0.2, -0.15) is 0 Å². The topological polar surface area (TPSA) is 44.5 Å². The van der Waals surface area contributed by atoms with Crippen molar-refractivity contribution in [1.82, 2.24) is 0 Å². The summed E-state index contributed by atoms with van der Waals surface area (Å²) < 4.78 is 10.8. The molecule has 0 aliphatic heterocycles. The van der Waals surface area contributed by atoms with E-state index in [1.165, 1.54) is 0 Å². The first-order chi connectivity index (χ1) is 7.74. The van der Waals surface area contributed by atoms with Gasteiger partial charge in [0, 0.05) is 25.7 Å². The van der Waals surface area contributed by atoms with E-state index in [9.17, 15) is 0 Å². The third kappa shape index (κ3) is 4.64. The average molecular weight is 223 g/mol. The lowest BCUT2D eigenvalue weighted by Crippen LogP contribution is -2.06. The van der Waals surface area contributed by atoms with Crippen LogP contribution in [0.4, 0.5) is 0 Å². The van der Waals surface area contributed by atoms with Crippen LogP contribution in [0, 0.1) is 0 Å². The first-order valence-electron chi connectivity index (χ1n) is 5.80. The second kappa shape index (κ2) is 7.25. The zero-order chi connectivity index (χ0) is 11.8. The van der Waals surface area contributed by atoms with E-state index in [1.54, 1.807) is 0 Å². The predicted octanol–water partition coefficient (Wildman–Crippen LogP) is 2.51. The normalized spacial score (nSPS) is 12.4. The Morgan fingerprint density at radius 2 is 2.12 bits per heavy atom. The first kappa shape index (κ1) is 13.0. The SMILES string of the molecule is CCOCCCOc1cccc([C@H](C)N)c1. The van der Waals surface area contributed by atoms with Crippen molar-refractivity contribution in [3.05, 3.63) is 29.8 Å². The zero-order valence-corrected chi connectivity index (χ0v) is 10.1. The summed E-state index contributed by atoms with van der Waals surface area (Å²) in [4.78, 5) is 0. The lowest BCUT2D eigenvalue weighted by Gasteiger charge is -2.09. The molecule has 0 aliphatic rings. The number of ether oxygens (including phenoxy) is 2. The Balaban J connectivity index is 2.33. The van der Waals surface area contributed by atoms with Crippen molar-refractivity contribution >= 4 is 0 Å². The molecular formula is C13H21NO2. The van der Waals surface area contributed by atoms with Gasteiger partial charge in [0.05, 0.1) is 6.61 Å². The standard InChI is InChI=1S/C13H21NO2/c1-3-15-8-5-9-16-13-7-4-6-12(10-13)11(2)14/h4,6-7,10-11H,3,5,8-9,14H2,1-2H3/t11-/m0/s1. The molecule has 3 nitrogen and oxygen atoms in total. The fourth-order valence-electron chi connectivity index (χ4n) is 1.38. The van der Waals surface area contributed by atoms with Gasteiger partial charge in [0.25, 0.3) is 0 Å². The molecule has 0 amide bonds. The van der Waals surface area contributed by atoms with Crippen LogP contribution >= 0.6 is 0 Å². The Kier molecular flexibility index (Phi) is 5.90. The summed E-state index contributed by atoms with van der Waals surface area (Å²) in [7, 11) is 0. The Hall–Kier alpha value is -1.06. The van der Waals surface area contributed by atoms with Crippen molar-refractivity contribution < 1.29 is 9.47 Å². The van der Waals surface area contributed by atoms with Gasteiger partial charge in [0.2, 0.25) is 0 Å². The summed E-state index contributed by atoms with van der Waals surface area (Å²) in [5, 5.41) is 0. The van der Waals surface area contributed by atoms with Gasteiger partial charge in [0.1, 0.15) is 5.75 Å². The second-order valence-corrected chi connectivity index (χ2v) is 3.76. The highest BCUT2D eigenvalue weighted by atomic mass is 16.5. The molecule has 0 aliphatic carbocycles. The lowest BCUT2D eigenvalue weighted by molar-refractivity contribution is 0.131. The zero-order valence-electron chi connectivity index (χ0n) is 10.1. The number of benzene rings is 1. The molecule has 0 spiro atoms. The summed E-state index contributed by atoms with van der Waals surface area (Å²) in [5.74, 6) is 0.881. The van der Waals surface area contributed by atoms with Crippen LogP contribution in [0.1, 0.15) is 31.9 Å². The quantitative estimate of drug-likeness (QED) is 0.722. The highest BCUT2D eigenvalue weighted by molar-refractivity contribution is 5.30. The maximum atomic E-state index is 5.80. The molecule has 1 aromatic rings. The molecule has 0 saturated carbocycles. The van der Waals surface area contributed by atoms with E-state index in [-0.39, 0.29) is 6.04 Å². The van der Waals surface area contributed by atoms with E-state index in [1.807, 2.05) is 38.1 Å². The van der Waals surface area contributed by atoms with Crippen molar-refractivity contribution in [3.63, 3.8) is 0 Å². The Labute approximate surface area is 97.6 Å². The molecule has 0 bridgehead atoms. The highest BCUT2D eigenvalue weighted by Crippen LogP contribution is 2.17. The fourth-order valence-corrected chi connectivity index (χ4v) is 1.38. The van der Waals surface area contributed by atoms with Crippen LogP contribution in [0.3, 0.4) is 0 Å². The van der Waals surface area contributed by atoms with E-state index in [0.29, 0.717) is 6.61 Å². The summed E-state index contributed by atoms with van der Waals surface area (Å²) in [5.41, 5.74) is 6.90. The maximum Gasteiger partial charge on any atom is 0.119 e. The van der Waals surface area contributed by atoms with E-state index in [0.717, 1.165) is 30.9 Å². The smallest absolute Gasteiger partial charge is 0.119 e. The van der Waals surface area contributed by atoms with Crippen LogP contribution in [-0.4, -0.2) is 19.8 Å². The van der Waals surface area contributed by atoms with Gasteiger partial charge in [-0.05, 0) is 31.5 Å². The third-order valence-electron chi connectivity index (χ3n) is 2.29. The summed E-state index contributed by atoms with van der Waals surface area (Å²) in [6, 6.07) is 7.97. The minimum Gasteiger partial charge on any atom is -0.493 e. The Bertz CT molecular complexity index is 300. The van der Waals surface area contributed by atoms with Gasteiger partial charge in [-0.1, -0.05) is 12.1 Å². The molecule has 0 aromatic heterocycles. The average Bonchev–Trinajstić information content (AvgIpc) is 2.29. The largest absolute Gasteiger partial charge is 0.493 e. The van der Waals surface area contributed by atoms with Crippen LogP contribution in [0.15, 0.2) is 24.3 Å². The van der Waals surface area contributed by atoms with Crippen molar-refractivity contribution in [2.45, 2.75) is 26.3 Å². The molecule has 90 valence electrons. The Morgan fingerprint density at radius 3 is 2.81 bits per heavy atom. The lowest BCUT2D eigenvalue weighted by atomic mass is 10.1. The van der Waals surface area contributed by atoms with Gasteiger partial charge < -0.3 is 15.2 Å². The van der Waals surface area contributed by atoms with Gasteiger partial charge >= 0.3 is 0 Å². The third-order valence-corrected chi connectivity index (χ3v) is 2.29. The van der Waals surface area contributed by atoms with Gasteiger partial charge in [-0.3, -0.25) is 0 Å². The second-order valence-electron chi connectivity index (χ2n) is 3.76. The van der Waals surface area contributed by atoms with Crippen LogP contribution in [0.5, 0.6) is 5.75 Å². The monoisotopic (exact) mass is 223 g/mol. The van der Waals surface area contributed by atoms with Gasteiger partial charge in [0.15, 0.2) is 0 Å². The van der Waals surface area contributed by atoms with E-state index in [4.69, 9.17) is 15.2 Å². The summed E-state index contributed by atoms with van der Waals surface area (Å²) in [6.07, 6.45) is 0.913. The highest BCUT2D eigenvalue weighted by Gasteiger charge is 2.00. The van der Waals surface area contributed by atoms with Crippen molar-refractivity contribution in [3.8, 4) is 5.75 Å². The molecule has 2 N–H and O–H groups in total. The van der Waals surface area contributed by atoms with E-state index < -0.39 is 0 Å². The molecule has 0 heterocycles. The van der Waals surface area contributed by atoms with Crippen LogP contribution in [0.2, 0.25) is 0 Å². The predicted molar refractivity (Wildman–Crippen MR) is 65.6 cm³/mol. The Morgan fingerprint density at radius 1 is 1.31 bits per heavy atom. The van der Waals surface area contributed by atoms with Crippen molar-refractivity contribution in [1.29, 1.82) is 0 Å². The van der Waals surface area contributed by atoms with Crippen molar-refractivity contribution in [2.24, 2.45) is 5.73 Å². The molecule has 0 saturated heterocycles.